The van der Waals surface area contributed by atoms with Crippen LogP contribution >= 0.6 is 0 Å². The normalized spacial score (nSPS) is 26.9. The van der Waals surface area contributed by atoms with Crippen molar-refractivity contribution in [3.05, 3.63) is 12.7 Å². The molecule has 1 unspecified atom stereocenters. The highest BCUT2D eigenvalue weighted by atomic mass is 32.2. The third kappa shape index (κ3) is 9.69. The van der Waals surface area contributed by atoms with Crippen molar-refractivity contribution in [3.63, 3.8) is 0 Å². The van der Waals surface area contributed by atoms with Gasteiger partial charge in [0.15, 0.2) is 21.4 Å². The molecule has 0 aromatic heterocycles. The number of urea groups is 1. The molecule has 4 aliphatic carbocycles. The van der Waals surface area contributed by atoms with Crippen molar-refractivity contribution in [1.29, 1.82) is 0 Å². The number of fused-ring (bicyclic) bond motifs is 1. The lowest BCUT2D eigenvalue weighted by molar-refractivity contribution is -0.144. The lowest BCUT2D eigenvalue weighted by Crippen LogP contribution is -2.62. The Morgan fingerprint density at radius 2 is 1.54 bits per heavy atom. The van der Waals surface area contributed by atoms with E-state index in [1.54, 1.807) is 31.7 Å². The molecule has 1 heterocycles. The van der Waals surface area contributed by atoms with Crippen molar-refractivity contribution >= 4 is 39.1 Å². The summed E-state index contributed by atoms with van der Waals surface area (Å²) >= 11 is 0. The summed E-state index contributed by atoms with van der Waals surface area (Å²) in [7, 11) is -3.55. The summed E-state index contributed by atoms with van der Waals surface area (Å²) in [6, 6.07) is -2.12. The van der Waals surface area contributed by atoms with E-state index < -0.39 is 55.7 Å². The fourth-order valence-corrected chi connectivity index (χ4v) is 11.9. The molecule has 3 amide bonds. The molecule has 0 radical (unpaired) electrons. The average molecular weight is 772 g/mol. The second kappa shape index (κ2) is 17.3. The minimum absolute atomic E-state index is 0.0543. The highest BCUT2D eigenvalue weighted by Crippen LogP contribution is 2.53. The molecule has 0 spiro atoms. The Labute approximate surface area is 325 Å². The van der Waals surface area contributed by atoms with Gasteiger partial charge < -0.3 is 15.5 Å². The molecule has 1 aliphatic heterocycles. The van der Waals surface area contributed by atoms with Crippen LogP contribution in [0.4, 0.5) is 4.79 Å². The highest BCUT2D eigenvalue weighted by Gasteiger charge is 2.57. The van der Waals surface area contributed by atoms with Gasteiger partial charge in [-0.05, 0) is 101 Å². The molecule has 0 bridgehead atoms. The van der Waals surface area contributed by atoms with Gasteiger partial charge in [0, 0.05) is 25.3 Å². The van der Waals surface area contributed by atoms with E-state index in [9.17, 15) is 27.6 Å². The lowest BCUT2D eigenvalue weighted by Gasteiger charge is -2.41. The van der Waals surface area contributed by atoms with Crippen LogP contribution in [0.25, 0.3) is 0 Å². The van der Waals surface area contributed by atoms with Crippen molar-refractivity contribution < 1.29 is 32.4 Å². The molecule has 54 heavy (non-hydrogen) atoms. The van der Waals surface area contributed by atoms with Gasteiger partial charge in [-0.2, -0.15) is 0 Å². The number of rotatable bonds is 16. The number of sulfone groups is 1. The molecule has 304 valence electrons. The van der Waals surface area contributed by atoms with Crippen LogP contribution in [0.3, 0.4) is 0 Å². The number of carbonyl (C=O) groups excluding carboxylic acids is 5. The number of hydrogen-bond acceptors (Lipinski definition) is 7. The van der Waals surface area contributed by atoms with E-state index >= 15 is 4.79 Å². The van der Waals surface area contributed by atoms with Crippen LogP contribution in [-0.4, -0.2) is 77.3 Å². The van der Waals surface area contributed by atoms with Crippen LogP contribution in [0.1, 0.15) is 157 Å². The molecule has 0 aromatic rings. The third-order valence-electron chi connectivity index (χ3n) is 14.2. The van der Waals surface area contributed by atoms with Crippen LogP contribution < -0.4 is 10.6 Å². The molecule has 11 heteroatoms. The van der Waals surface area contributed by atoms with E-state index in [1.807, 2.05) is 0 Å². The maximum absolute atomic E-state index is 15.1. The van der Waals surface area contributed by atoms with E-state index in [1.165, 1.54) is 0 Å². The summed E-state index contributed by atoms with van der Waals surface area (Å²) in [6.45, 7) is 13.6. The lowest BCUT2D eigenvalue weighted by atomic mass is 9.74. The molecule has 5 fully saturated rings. The third-order valence-corrected chi connectivity index (χ3v) is 17.0. The quantitative estimate of drug-likeness (QED) is 0.124. The van der Waals surface area contributed by atoms with Crippen molar-refractivity contribution in [3.8, 4) is 0 Å². The van der Waals surface area contributed by atoms with E-state index in [-0.39, 0.29) is 53.5 Å². The van der Waals surface area contributed by atoms with Gasteiger partial charge in [0.05, 0.1) is 22.1 Å². The molecule has 2 N–H and O–H groups in total. The number of allylic oxidation sites excluding steroid dienone is 1. The fraction of sp³-hybridized carbons (Fsp3) is 0.837. The maximum atomic E-state index is 15.1. The first-order chi connectivity index (χ1) is 25.4. The number of hydrogen-bond donors (Lipinski definition) is 2. The van der Waals surface area contributed by atoms with Gasteiger partial charge in [-0.1, -0.05) is 77.7 Å². The summed E-state index contributed by atoms with van der Waals surface area (Å²) in [5.74, 6) is -1.94. The van der Waals surface area contributed by atoms with Gasteiger partial charge in [0.25, 0.3) is 0 Å². The Hall–Kier alpha value is -2.56. The topological polar surface area (TPSA) is 147 Å². The SMILES string of the molecule is C=CCCC(=O)C(=O)C(CC(=O)[C@@H]1[C@H]2CCC(C)(C)[C@H]2CN1C(=O)[C@@H](NC(=O)NC1(CS(=O)(=O)C(C)(C)C)CCCCC1)C1CCCCC1)CC1CCC1. The van der Waals surface area contributed by atoms with Gasteiger partial charge in [0.1, 0.15) is 6.04 Å². The Morgan fingerprint density at radius 3 is 2.13 bits per heavy atom. The van der Waals surface area contributed by atoms with Gasteiger partial charge in [-0.25, -0.2) is 13.2 Å². The zero-order valence-corrected chi connectivity index (χ0v) is 34.7. The number of likely N-dealkylation sites (tertiary alicyclic amines) is 1. The van der Waals surface area contributed by atoms with Gasteiger partial charge in [-0.15, -0.1) is 6.58 Å². The Bertz CT molecular complexity index is 1510. The van der Waals surface area contributed by atoms with Crippen molar-refractivity contribution in [2.45, 2.75) is 179 Å². The average Bonchev–Trinajstić information content (AvgIpc) is 3.63. The van der Waals surface area contributed by atoms with Crippen LogP contribution in [0.2, 0.25) is 0 Å². The number of amides is 3. The number of nitrogens with one attached hydrogen (secondary N) is 2. The smallest absolute Gasteiger partial charge is 0.315 e. The largest absolute Gasteiger partial charge is 0.332 e. The van der Waals surface area contributed by atoms with E-state index in [2.05, 4.69) is 31.1 Å². The van der Waals surface area contributed by atoms with E-state index in [0.29, 0.717) is 38.1 Å². The predicted molar refractivity (Wildman–Crippen MR) is 211 cm³/mol. The van der Waals surface area contributed by atoms with Crippen molar-refractivity contribution in [2.75, 3.05) is 12.3 Å². The molecule has 5 atom stereocenters. The zero-order chi connectivity index (χ0) is 39.5. The summed E-state index contributed by atoms with van der Waals surface area (Å²) < 4.78 is 26.0. The molecule has 5 rings (SSSR count). The van der Waals surface area contributed by atoms with Crippen LogP contribution in [0, 0.1) is 35.0 Å². The molecule has 5 aliphatic rings. The summed E-state index contributed by atoms with van der Waals surface area (Å²) in [4.78, 5) is 72.1. The van der Waals surface area contributed by atoms with Gasteiger partial charge in [0.2, 0.25) is 11.7 Å². The number of carbonyl (C=O) groups is 5. The van der Waals surface area contributed by atoms with Crippen LogP contribution in [-0.2, 0) is 29.0 Å². The van der Waals surface area contributed by atoms with Crippen LogP contribution in [0.5, 0.6) is 0 Å². The minimum atomic E-state index is -3.55. The Balaban J connectivity index is 1.41. The Kier molecular flexibility index (Phi) is 13.6. The minimum Gasteiger partial charge on any atom is -0.332 e. The summed E-state index contributed by atoms with van der Waals surface area (Å²) in [5.41, 5.74) is -1.01. The second-order valence-electron chi connectivity index (χ2n) is 19.4. The first kappa shape index (κ1) is 42.6. The summed E-state index contributed by atoms with van der Waals surface area (Å²) in [6.07, 6.45) is 15.6. The predicted octanol–water partition coefficient (Wildman–Crippen LogP) is 7.28. The van der Waals surface area contributed by atoms with E-state index in [4.69, 9.17) is 0 Å². The molecular weight excluding hydrogens is 703 g/mol. The zero-order valence-electron chi connectivity index (χ0n) is 33.9. The molecule has 1 saturated heterocycles. The number of Topliss-reactive ketones (excluding diaryl/α,β-unsaturated/α-hetero) is 3. The fourth-order valence-electron chi connectivity index (χ4n) is 10.4. The molecule has 4 saturated carbocycles. The molecule has 10 nitrogen and oxygen atoms in total. The van der Waals surface area contributed by atoms with Crippen molar-refractivity contribution in [2.24, 2.45) is 35.0 Å². The maximum Gasteiger partial charge on any atom is 0.315 e. The monoisotopic (exact) mass is 771 g/mol. The second-order valence-corrected chi connectivity index (χ2v) is 22.2. The number of ketones is 3. The standard InChI is InChI=1S/C43H69N3O7S/c1-7-8-20-34(47)38(49)31(25-29-16-15-17-29)26-35(48)37-32-21-24-42(5,6)33(32)27-46(37)39(50)36(30-18-11-9-12-19-30)44-40(51)45-43(22-13-10-14-23-43)28-54(52,53)41(2,3)4/h7,29-33,36-37H,1,8-28H2,2-6H3,(H2,44,45,51)/t31?,32-,33-,36-,37-/m0/s1. The van der Waals surface area contributed by atoms with Gasteiger partial charge >= 0.3 is 6.03 Å². The Morgan fingerprint density at radius 1 is 0.889 bits per heavy atom. The van der Waals surface area contributed by atoms with Crippen molar-refractivity contribution in [1.82, 2.24) is 15.5 Å². The van der Waals surface area contributed by atoms with Crippen LogP contribution in [0.15, 0.2) is 12.7 Å². The van der Waals surface area contributed by atoms with Gasteiger partial charge in [-0.3, -0.25) is 19.2 Å². The highest BCUT2D eigenvalue weighted by molar-refractivity contribution is 7.92. The first-order valence-electron chi connectivity index (χ1n) is 21.2. The molecular formula is C43H69N3O7S. The summed E-state index contributed by atoms with van der Waals surface area (Å²) in [5, 5.41) is 6.20. The van der Waals surface area contributed by atoms with E-state index in [0.717, 1.165) is 83.5 Å². The molecule has 0 aromatic carbocycles. The first-order valence-corrected chi connectivity index (χ1v) is 22.9. The number of nitrogens with zero attached hydrogens (tertiary/aromatic N) is 1.